The molecule has 2 aromatic rings. The largest absolute Gasteiger partial charge is 0.461 e. The average molecular weight is 557 g/mol. The number of benzene rings is 2. The van der Waals surface area contributed by atoms with Gasteiger partial charge in [-0.05, 0) is 54.2 Å². The molecule has 5 heteroatoms. The Morgan fingerprint density at radius 2 is 1.21 bits per heavy atom. The lowest BCUT2D eigenvalue weighted by Crippen LogP contribution is -2.16. The first kappa shape index (κ1) is 32.9. The van der Waals surface area contributed by atoms with Gasteiger partial charge in [-0.15, -0.1) is 11.6 Å². The van der Waals surface area contributed by atoms with E-state index in [1.165, 1.54) is 64.2 Å². The predicted octanol–water partition coefficient (Wildman–Crippen LogP) is 10.2. The molecule has 0 N–H and O–H groups in total. The first-order valence-corrected chi connectivity index (χ1v) is 15.5. The second-order valence-electron chi connectivity index (χ2n) is 11.0. The van der Waals surface area contributed by atoms with Crippen molar-refractivity contribution < 1.29 is 19.1 Å². The lowest BCUT2D eigenvalue weighted by atomic mass is 10.0. The molecule has 39 heavy (non-hydrogen) atoms. The standard InChI is InChI=1S/C34H49ClO4/c1-4-5-6-7-8-9-10-11-12-13-14-15-16-33(36)39-32-23-21-29(22-24-32)28-17-19-30(20-18-28)34(37)38-26-31(35)25-27(2)3/h17-24,27,31H,4-16,25-26H2,1-3H3. The van der Waals surface area contributed by atoms with Gasteiger partial charge in [0.05, 0.1) is 10.9 Å². The zero-order valence-corrected chi connectivity index (χ0v) is 25.1. The molecule has 4 nitrogen and oxygen atoms in total. The van der Waals surface area contributed by atoms with Crippen molar-refractivity contribution in [3.63, 3.8) is 0 Å². The molecule has 0 aliphatic carbocycles. The summed E-state index contributed by atoms with van der Waals surface area (Å²) < 4.78 is 10.9. The summed E-state index contributed by atoms with van der Waals surface area (Å²) in [5.41, 5.74) is 2.44. The minimum Gasteiger partial charge on any atom is -0.461 e. The summed E-state index contributed by atoms with van der Waals surface area (Å²) in [7, 11) is 0. The summed E-state index contributed by atoms with van der Waals surface area (Å²) >= 11 is 6.22. The summed E-state index contributed by atoms with van der Waals surface area (Å²) in [5.74, 6) is 0.469. The molecule has 1 atom stereocenters. The second-order valence-corrected chi connectivity index (χ2v) is 11.7. The molecule has 0 spiro atoms. The first-order chi connectivity index (χ1) is 18.9. The monoisotopic (exact) mass is 556 g/mol. The molecular weight excluding hydrogens is 508 g/mol. The number of unbranched alkanes of at least 4 members (excludes halogenated alkanes) is 11. The van der Waals surface area contributed by atoms with Gasteiger partial charge in [0, 0.05) is 6.42 Å². The fourth-order valence-corrected chi connectivity index (χ4v) is 5.06. The molecule has 0 radical (unpaired) electrons. The molecule has 0 amide bonds. The molecular formula is C34H49ClO4. The normalized spacial score (nSPS) is 11.9. The zero-order chi connectivity index (χ0) is 28.3. The van der Waals surface area contributed by atoms with Crippen LogP contribution in [0.3, 0.4) is 0 Å². The predicted molar refractivity (Wildman–Crippen MR) is 163 cm³/mol. The van der Waals surface area contributed by atoms with E-state index >= 15 is 0 Å². The first-order valence-electron chi connectivity index (χ1n) is 15.1. The van der Waals surface area contributed by atoms with Crippen molar-refractivity contribution in [3.05, 3.63) is 54.1 Å². The van der Waals surface area contributed by atoms with Gasteiger partial charge in [-0.25, -0.2) is 4.79 Å². The quantitative estimate of drug-likeness (QED) is 0.0704. The number of hydrogen-bond acceptors (Lipinski definition) is 4. The minimum absolute atomic E-state index is 0.176. The van der Waals surface area contributed by atoms with Crippen LogP contribution in [0, 0.1) is 5.92 Å². The molecule has 2 aromatic carbocycles. The Labute approximate surface area is 241 Å². The highest BCUT2D eigenvalue weighted by atomic mass is 35.5. The van der Waals surface area contributed by atoms with Crippen molar-refractivity contribution in [1.29, 1.82) is 0 Å². The molecule has 0 aromatic heterocycles. The van der Waals surface area contributed by atoms with Crippen LogP contribution >= 0.6 is 11.6 Å². The maximum absolute atomic E-state index is 12.3. The van der Waals surface area contributed by atoms with Crippen LogP contribution in [0.25, 0.3) is 11.1 Å². The number of carbonyl (C=O) groups excluding carboxylic acids is 2. The number of alkyl halides is 1. The summed E-state index contributed by atoms with van der Waals surface area (Å²) in [6.45, 7) is 6.65. The molecule has 216 valence electrons. The summed E-state index contributed by atoms with van der Waals surface area (Å²) in [6.07, 6.45) is 16.5. The fourth-order valence-electron chi connectivity index (χ4n) is 4.64. The number of carbonyl (C=O) groups is 2. The van der Waals surface area contributed by atoms with E-state index < -0.39 is 0 Å². The van der Waals surface area contributed by atoms with E-state index in [1.54, 1.807) is 12.1 Å². The summed E-state index contributed by atoms with van der Waals surface area (Å²) in [6, 6.07) is 14.8. The lowest BCUT2D eigenvalue weighted by molar-refractivity contribution is -0.134. The Morgan fingerprint density at radius 1 is 0.718 bits per heavy atom. The van der Waals surface area contributed by atoms with Crippen LogP contribution in [0.2, 0.25) is 0 Å². The second kappa shape index (κ2) is 19.7. The molecule has 0 aliphatic rings. The molecule has 0 aliphatic heterocycles. The average Bonchev–Trinajstić information content (AvgIpc) is 2.92. The maximum atomic E-state index is 12.3. The molecule has 2 rings (SSSR count). The van der Waals surface area contributed by atoms with E-state index in [0.717, 1.165) is 30.4 Å². The van der Waals surface area contributed by atoms with Crippen molar-refractivity contribution in [3.8, 4) is 16.9 Å². The highest BCUT2D eigenvalue weighted by Gasteiger charge is 2.13. The van der Waals surface area contributed by atoms with Crippen molar-refractivity contribution in [2.45, 2.75) is 116 Å². The van der Waals surface area contributed by atoms with Crippen LogP contribution in [0.4, 0.5) is 0 Å². The van der Waals surface area contributed by atoms with Crippen LogP contribution in [-0.4, -0.2) is 23.9 Å². The Hall–Kier alpha value is -2.33. The van der Waals surface area contributed by atoms with Crippen molar-refractivity contribution >= 4 is 23.5 Å². The molecule has 0 heterocycles. The van der Waals surface area contributed by atoms with E-state index in [0.29, 0.717) is 23.7 Å². The van der Waals surface area contributed by atoms with E-state index in [2.05, 4.69) is 20.8 Å². The highest BCUT2D eigenvalue weighted by Crippen LogP contribution is 2.24. The lowest BCUT2D eigenvalue weighted by Gasteiger charge is -2.12. The van der Waals surface area contributed by atoms with Gasteiger partial charge in [0.25, 0.3) is 0 Å². The number of rotatable bonds is 20. The number of ether oxygens (including phenoxy) is 2. The smallest absolute Gasteiger partial charge is 0.338 e. The maximum Gasteiger partial charge on any atom is 0.338 e. The van der Waals surface area contributed by atoms with Crippen LogP contribution in [0.15, 0.2) is 48.5 Å². The summed E-state index contributed by atoms with van der Waals surface area (Å²) in [5, 5.41) is -0.176. The van der Waals surface area contributed by atoms with Gasteiger partial charge in [0.2, 0.25) is 0 Å². The van der Waals surface area contributed by atoms with Gasteiger partial charge in [-0.1, -0.05) is 116 Å². The van der Waals surface area contributed by atoms with Crippen LogP contribution in [0.1, 0.15) is 121 Å². The van der Waals surface area contributed by atoms with Gasteiger partial charge in [-0.3, -0.25) is 4.79 Å². The third-order valence-electron chi connectivity index (χ3n) is 6.90. The highest BCUT2D eigenvalue weighted by molar-refractivity contribution is 6.20. The van der Waals surface area contributed by atoms with Gasteiger partial charge < -0.3 is 9.47 Å². The van der Waals surface area contributed by atoms with Crippen LogP contribution < -0.4 is 4.74 Å². The Balaban J connectivity index is 1.63. The summed E-state index contributed by atoms with van der Waals surface area (Å²) in [4.78, 5) is 24.5. The van der Waals surface area contributed by atoms with Gasteiger partial charge in [0.15, 0.2) is 0 Å². The SMILES string of the molecule is CCCCCCCCCCCCCCC(=O)Oc1ccc(-c2ccc(C(=O)OCC(Cl)CC(C)C)cc2)cc1. The Bertz CT molecular complexity index is 937. The molecule has 1 unspecified atom stereocenters. The van der Waals surface area contributed by atoms with Gasteiger partial charge in [-0.2, -0.15) is 0 Å². The topological polar surface area (TPSA) is 52.6 Å². The van der Waals surface area contributed by atoms with Crippen LogP contribution in [0.5, 0.6) is 5.75 Å². The molecule has 0 fully saturated rings. The Morgan fingerprint density at radius 3 is 1.72 bits per heavy atom. The number of hydrogen-bond donors (Lipinski definition) is 0. The molecule has 0 bridgehead atoms. The fraction of sp³-hybridized carbons (Fsp3) is 0.588. The zero-order valence-electron chi connectivity index (χ0n) is 24.4. The minimum atomic E-state index is -0.369. The molecule has 0 saturated carbocycles. The third-order valence-corrected chi connectivity index (χ3v) is 7.20. The van der Waals surface area contributed by atoms with E-state index in [-0.39, 0.29) is 23.9 Å². The van der Waals surface area contributed by atoms with Gasteiger partial charge >= 0.3 is 11.9 Å². The Kier molecular flexibility index (Phi) is 16.6. The van der Waals surface area contributed by atoms with Crippen LogP contribution in [-0.2, 0) is 9.53 Å². The van der Waals surface area contributed by atoms with Crippen molar-refractivity contribution in [1.82, 2.24) is 0 Å². The van der Waals surface area contributed by atoms with Gasteiger partial charge in [0.1, 0.15) is 12.4 Å². The number of halogens is 1. The van der Waals surface area contributed by atoms with E-state index in [1.807, 2.05) is 36.4 Å². The van der Waals surface area contributed by atoms with E-state index in [4.69, 9.17) is 21.1 Å². The van der Waals surface area contributed by atoms with E-state index in [9.17, 15) is 9.59 Å². The molecule has 0 saturated heterocycles. The van der Waals surface area contributed by atoms with Crippen molar-refractivity contribution in [2.24, 2.45) is 5.92 Å². The third kappa shape index (κ3) is 14.6. The van der Waals surface area contributed by atoms with Crippen molar-refractivity contribution in [2.75, 3.05) is 6.61 Å². The number of esters is 2.